The normalized spacial score (nSPS) is 10.7. The van der Waals surface area contributed by atoms with Crippen molar-refractivity contribution in [1.82, 2.24) is 10.3 Å². The Morgan fingerprint density at radius 3 is 2.76 bits per heavy atom. The van der Waals surface area contributed by atoms with Gasteiger partial charge < -0.3 is 5.32 Å². The van der Waals surface area contributed by atoms with Crippen molar-refractivity contribution in [3.8, 4) is 0 Å². The predicted molar refractivity (Wildman–Crippen MR) is 80.9 cm³/mol. The van der Waals surface area contributed by atoms with E-state index < -0.39 is 0 Å². The molecule has 5 heteroatoms. The van der Waals surface area contributed by atoms with Gasteiger partial charge in [-0.25, -0.2) is 9.37 Å². The molecule has 110 valence electrons. The number of carbonyl (C=O) groups is 1. The molecule has 0 saturated heterocycles. The molecular weight excluding hydrogens is 291 g/mol. The highest BCUT2D eigenvalue weighted by Gasteiger charge is 2.11. The predicted octanol–water partition coefficient (Wildman–Crippen LogP) is 3.93. The van der Waals surface area contributed by atoms with E-state index in [4.69, 9.17) is 11.6 Å². The average molecular weight is 307 g/mol. The summed E-state index contributed by atoms with van der Waals surface area (Å²) in [5.74, 6) is -0.403. The monoisotopic (exact) mass is 306 g/mol. The Labute approximate surface area is 128 Å². The number of hydrogen-bond acceptors (Lipinski definition) is 2. The molecular formula is C16H16ClFN2O. The van der Waals surface area contributed by atoms with Gasteiger partial charge in [0, 0.05) is 17.8 Å². The Kier molecular flexibility index (Phi) is 4.91. The molecule has 3 nitrogen and oxygen atoms in total. The van der Waals surface area contributed by atoms with Crippen molar-refractivity contribution in [2.45, 2.75) is 26.3 Å². The first kappa shape index (κ1) is 15.4. The SMILES string of the molecule is CC(C)c1cc(C(=O)NCc2cccc(F)c2)cc(Cl)n1. The van der Waals surface area contributed by atoms with Crippen molar-refractivity contribution in [1.29, 1.82) is 0 Å². The second kappa shape index (κ2) is 6.68. The second-order valence-corrected chi connectivity index (χ2v) is 5.46. The summed E-state index contributed by atoms with van der Waals surface area (Å²) in [6, 6.07) is 9.35. The standard InChI is InChI=1S/C16H16ClFN2O/c1-10(2)14-7-12(8-15(17)20-14)16(21)19-9-11-4-3-5-13(18)6-11/h3-8,10H,9H2,1-2H3,(H,19,21). The Bertz CT molecular complexity index is 658. The number of pyridine rings is 1. The van der Waals surface area contributed by atoms with Gasteiger partial charge in [-0.1, -0.05) is 37.6 Å². The first-order valence-electron chi connectivity index (χ1n) is 6.66. The van der Waals surface area contributed by atoms with E-state index in [1.54, 1.807) is 18.2 Å². The fourth-order valence-corrected chi connectivity index (χ4v) is 2.09. The molecule has 0 unspecified atom stereocenters. The Morgan fingerprint density at radius 1 is 1.33 bits per heavy atom. The van der Waals surface area contributed by atoms with Crippen LogP contribution in [0.1, 0.15) is 41.4 Å². The fraction of sp³-hybridized carbons (Fsp3) is 0.250. The molecule has 0 fully saturated rings. The molecule has 0 aliphatic heterocycles. The Hall–Kier alpha value is -1.94. The number of nitrogens with zero attached hydrogens (tertiary/aromatic N) is 1. The number of rotatable bonds is 4. The van der Waals surface area contributed by atoms with E-state index >= 15 is 0 Å². The molecule has 21 heavy (non-hydrogen) atoms. The summed E-state index contributed by atoms with van der Waals surface area (Å²) in [6.07, 6.45) is 0. The maximum Gasteiger partial charge on any atom is 0.251 e. The third-order valence-electron chi connectivity index (χ3n) is 3.01. The van der Waals surface area contributed by atoms with Gasteiger partial charge in [-0.05, 0) is 35.7 Å². The minimum Gasteiger partial charge on any atom is -0.348 e. The lowest BCUT2D eigenvalue weighted by molar-refractivity contribution is 0.0950. The summed E-state index contributed by atoms with van der Waals surface area (Å²) >= 11 is 5.94. The summed E-state index contributed by atoms with van der Waals surface area (Å²) < 4.78 is 13.1. The molecule has 0 atom stereocenters. The molecule has 1 amide bonds. The van der Waals surface area contributed by atoms with Gasteiger partial charge in [-0.2, -0.15) is 0 Å². The lowest BCUT2D eigenvalue weighted by Gasteiger charge is -2.09. The number of nitrogens with one attached hydrogen (secondary N) is 1. The molecule has 0 aliphatic rings. The summed E-state index contributed by atoms with van der Waals surface area (Å²) in [4.78, 5) is 16.3. The fourth-order valence-electron chi connectivity index (χ4n) is 1.88. The van der Waals surface area contributed by atoms with Gasteiger partial charge in [0.05, 0.1) is 0 Å². The van der Waals surface area contributed by atoms with Crippen molar-refractivity contribution in [3.05, 3.63) is 64.2 Å². The van der Waals surface area contributed by atoms with Crippen LogP contribution in [0.5, 0.6) is 0 Å². The lowest BCUT2D eigenvalue weighted by atomic mass is 10.1. The van der Waals surface area contributed by atoms with Crippen LogP contribution in [-0.2, 0) is 6.54 Å². The van der Waals surface area contributed by atoms with Crippen LogP contribution in [0.3, 0.4) is 0 Å². The minimum absolute atomic E-state index is 0.179. The van der Waals surface area contributed by atoms with E-state index in [2.05, 4.69) is 10.3 Å². The molecule has 2 aromatic rings. The molecule has 1 aromatic heterocycles. The minimum atomic E-state index is -0.323. The van der Waals surface area contributed by atoms with Gasteiger partial charge in [0.25, 0.3) is 5.91 Å². The van der Waals surface area contributed by atoms with Crippen molar-refractivity contribution >= 4 is 17.5 Å². The largest absolute Gasteiger partial charge is 0.348 e. The molecule has 0 radical (unpaired) electrons. The first-order valence-corrected chi connectivity index (χ1v) is 7.03. The summed E-state index contributed by atoms with van der Waals surface area (Å²) in [5, 5.41) is 3.03. The highest BCUT2D eigenvalue weighted by molar-refractivity contribution is 6.29. The molecule has 0 aliphatic carbocycles. The van der Waals surface area contributed by atoms with Gasteiger partial charge in [0.15, 0.2) is 0 Å². The highest BCUT2D eigenvalue weighted by Crippen LogP contribution is 2.17. The topological polar surface area (TPSA) is 42.0 Å². The molecule has 0 bridgehead atoms. The van der Waals surface area contributed by atoms with Crippen LogP contribution in [0.25, 0.3) is 0 Å². The zero-order valence-electron chi connectivity index (χ0n) is 11.9. The second-order valence-electron chi connectivity index (χ2n) is 5.07. The zero-order valence-corrected chi connectivity index (χ0v) is 12.6. The number of amides is 1. The molecule has 0 saturated carbocycles. The van der Waals surface area contributed by atoms with Crippen molar-refractivity contribution in [2.75, 3.05) is 0 Å². The van der Waals surface area contributed by atoms with Crippen LogP contribution in [-0.4, -0.2) is 10.9 Å². The third kappa shape index (κ3) is 4.26. The van der Waals surface area contributed by atoms with Crippen LogP contribution in [0, 0.1) is 5.82 Å². The maximum absolute atomic E-state index is 13.1. The van der Waals surface area contributed by atoms with E-state index in [1.807, 2.05) is 13.8 Å². The van der Waals surface area contributed by atoms with E-state index in [1.165, 1.54) is 18.2 Å². The highest BCUT2D eigenvalue weighted by atomic mass is 35.5. The molecule has 1 heterocycles. The van der Waals surface area contributed by atoms with E-state index in [0.717, 1.165) is 5.69 Å². The number of carbonyl (C=O) groups excluding carboxylic acids is 1. The Balaban J connectivity index is 2.10. The van der Waals surface area contributed by atoms with Crippen LogP contribution in [0.2, 0.25) is 5.15 Å². The summed E-state index contributed by atoms with van der Waals surface area (Å²) in [6.45, 7) is 4.22. The van der Waals surface area contributed by atoms with E-state index in [9.17, 15) is 9.18 Å². The van der Waals surface area contributed by atoms with Crippen LogP contribution >= 0.6 is 11.6 Å². The van der Waals surface area contributed by atoms with E-state index in [0.29, 0.717) is 11.1 Å². The zero-order chi connectivity index (χ0) is 15.4. The van der Waals surface area contributed by atoms with Gasteiger partial charge in [-0.15, -0.1) is 0 Å². The smallest absolute Gasteiger partial charge is 0.251 e. The number of benzene rings is 1. The van der Waals surface area contributed by atoms with Crippen LogP contribution in [0.15, 0.2) is 36.4 Å². The van der Waals surface area contributed by atoms with E-state index in [-0.39, 0.29) is 29.3 Å². The van der Waals surface area contributed by atoms with Crippen molar-refractivity contribution in [3.63, 3.8) is 0 Å². The number of aromatic nitrogens is 1. The first-order chi connectivity index (χ1) is 9.95. The summed E-state index contributed by atoms with van der Waals surface area (Å²) in [7, 11) is 0. The van der Waals surface area contributed by atoms with Crippen molar-refractivity contribution in [2.24, 2.45) is 0 Å². The number of hydrogen-bond donors (Lipinski definition) is 1. The van der Waals surface area contributed by atoms with Crippen LogP contribution < -0.4 is 5.32 Å². The lowest BCUT2D eigenvalue weighted by Crippen LogP contribution is -2.23. The molecule has 1 N–H and O–H groups in total. The Morgan fingerprint density at radius 2 is 2.10 bits per heavy atom. The third-order valence-corrected chi connectivity index (χ3v) is 3.20. The quantitative estimate of drug-likeness (QED) is 0.870. The van der Waals surface area contributed by atoms with Gasteiger partial charge in [0.2, 0.25) is 0 Å². The van der Waals surface area contributed by atoms with Gasteiger partial charge >= 0.3 is 0 Å². The maximum atomic E-state index is 13.1. The van der Waals surface area contributed by atoms with Gasteiger partial charge in [0.1, 0.15) is 11.0 Å². The van der Waals surface area contributed by atoms with Crippen molar-refractivity contribution < 1.29 is 9.18 Å². The number of halogens is 2. The van der Waals surface area contributed by atoms with Gasteiger partial charge in [-0.3, -0.25) is 4.79 Å². The molecule has 2 rings (SSSR count). The van der Waals surface area contributed by atoms with Crippen LogP contribution in [0.4, 0.5) is 4.39 Å². The molecule has 0 spiro atoms. The summed E-state index contributed by atoms with van der Waals surface area (Å²) in [5.41, 5.74) is 1.92. The average Bonchev–Trinajstić information content (AvgIpc) is 2.44. The molecule has 1 aromatic carbocycles.